The number of hydrogen-bond donors (Lipinski definition) is 0. The van der Waals surface area contributed by atoms with Crippen LogP contribution in [0.25, 0.3) is 45.3 Å². The van der Waals surface area contributed by atoms with E-state index in [1.165, 1.54) is 0 Å². The molecule has 0 spiro atoms. The van der Waals surface area contributed by atoms with Crippen molar-refractivity contribution in [2.24, 2.45) is 0 Å². The molecule has 0 aliphatic rings. The molecular weight excluding hydrogens is 438 g/mol. The summed E-state index contributed by atoms with van der Waals surface area (Å²) in [5.74, 6) is 0.795. The predicted molar refractivity (Wildman–Crippen MR) is 134 cm³/mol. The van der Waals surface area contributed by atoms with Crippen molar-refractivity contribution in [1.29, 1.82) is 0 Å². The molecule has 0 bridgehead atoms. The molecule has 1 aromatic carbocycles. The zero-order valence-electron chi connectivity index (χ0n) is 19.2. The number of benzene rings is 1. The lowest BCUT2D eigenvalue weighted by molar-refractivity contribution is 0.375. The minimum absolute atomic E-state index is 0.483. The van der Waals surface area contributed by atoms with Gasteiger partial charge in [-0.3, -0.25) is 14.5 Å². The van der Waals surface area contributed by atoms with Crippen LogP contribution in [0.15, 0.2) is 91.5 Å². The SMILES string of the molecule is COc1nc2cccnc2n1-c1ccc(-c2nc(-c3ccccn3)cn2-c2ccc(C)nc2)cc1. The van der Waals surface area contributed by atoms with E-state index in [0.29, 0.717) is 6.01 Å². The third-order valence-electron chi connectivity index (χ3n) is 5.76. The fourth-order valence-electron chi connectivity index (χ4n) is 4.04. The summed E-state index contributed by atoms with van der Waals surface area (Å²) in [7, 11) is 1.61. The van der Waals surface area contributed by atoms with Gasteiger partial charge in [0.1, 0.15) is 17.0 Å². The molecule has 5 aromatic heterocycles. The van der Waals surface area contributed by atoms with Crippen LogP contribution in [-0.2, 0) is 0 Å². The number of rotatable bonds is 5. The quantitative estimate of drug-likeness (QED) is 0.359. The van der Waals surface area contributed by atoms with E-state index in [4.69, 9.17) is 9.72 Å². The Kier molecular flexibility index (Phi) is 5.03. The van der Waals surface area contributed by atoms with Crippen molar-refractivity contribution in [3.63, 3.8) is 0 Å². The number of fused-ring (bicyclic) bond motifs is 1. The zero-order chi connectivity index (χ0) is 23.8. The van der Waals surface area contributed by atoms with Crippen LogP contribution in [-0.4, -0.2) is 41.2 Å². The summed E-state index contributed by atoms with van der Waals surface area (Å²) in [5.41, 5.74) is 6.84. The van der Waals surface area contributed by atoms with Gasteiger partial charge in [0, 0.05) is 29.8 Å². The number of aryl methyl sites for hydroxylation is 1. The second-order valence-electron chi connectivity index (χ2n) is 8.02. The van der Waals surface area contributed by atoms with Crippen molar-refractivity contribution in [2.75, 3.05) is 7.11 Å². The molecule has 0 fully saturated rings. The standard InChI is InChI=1S/C27H21N7O/c1-18-8-11-21(16-30-18)33-17-24(22-6-3-4-14-28-22)31-25(33)19-9-12-20(13-10-19)34-26-23(7-5-15-29-26)32-27(34)35-2/h3-17H,1-2H3. The van der Waals surface area contributed by atoms with Crippen LogP contribution in [0.4, 0.5) is 0 Å². The van der Waals surface area contributed by atoms with Gasteiger partial charge in [-0.05, 0) is 67.6 Å². The lowest BCUT2D eigenvalue weighted by Crippen LogP contribution is -2.00. The molecule has 0 aliphatic heterocycles. The molecule has 0 aliphatic carbocycles. The summed E-state index contributed by atoms with van der Waals surface area (Å²) in [6.07, 6.45) is 7.37. The molecule has 5 heterocycles. The first-order chi connectivity index (χ1) is 17.2. The lowest BCUT2D eigenvalue weighted by atomic mass is 10.2. The van der Waals surface area contributed by atoms with Gasteiger partial charge in [0.25, 0.3) is 0 Å². The number of ether oxygens (including phenoxy) is 1. The minimum Gasteiger partial charge on any atom is -0.468 e. The Morgan fingerprint density at radius 1 is 0.743 bits per heavy atom. The van der Waals surface area contributed by atoms with E-state index < -0.39 is 0 Å². The van der Waals surface area contributed by atoms with E-state index in [9.17, 15) is 0 Å². The van der Waals surface area contributed by atoms with Crippen molar-refractivity contribution < 1.29 is 4.74 Å². The Hall–Kier alpha value is -4.85. The summed E-state index contributed by atoms with van der Waals surface area (Å²) in [4.78, 5) is 22.9. The minimum atomic E-state index is 0.483. The molecule has 0 radical (unpaired) electrons. The number of pyridine rings is 3. The number of imidazole rings is 2. The van der Waals surface area contributed by atoms with E-state index >= 15 is 0 Å². The topological polar surface area (TPSA) is 83.5 Å². The van der Waals surface area contributed by atoms with Crippen LogP contribution in [0.2, 0.25) is 0 Å². The summed E-state index contributed by atoms with van der Waals surface area (Å²) in [6.45, 7) is 1.97. The molecule has 0 saturated heterocycles. The first kappa shape index (κ1) is 20.7. The molecule has 6 aromatic rings. The zero-order valence-corrected chi connectivity index (χ0v) is 19.2. The van der Waals surface area contributed by atoms with Gasteiger partial charge in [0.2, 0.25) is 0 Å². The number of nitrogens with zero attached hydrogens (tertiary/aromatic N) is 7. The first-order valence-corrected chi connectivity index (χ1v) is 11.1. The molecule has 8 heteroatoms. The molecule has 8 nitrogen and oxygen atoms in total. The van der Waals surface area contributed by atoms with E-state index in [2.05, 4.69) is 19.9 Å². The third kappa shape index (κ3) is 3.71. The number of methoxy groups -OCH3 is 1. The van der Waals surface area contributed by atoms with Crippen molar-refractivity contribution in [2.45, 2.75) is 6.92 Å². The van der Waals surface area contributed by atoms with Crippen LogP contribution < -0.4 is 4.74 Å². The molecule has 0 saturated carbocycles. The van der Waals surface area contributed by atoms with Gasteiger partial charge in [-0.1, -0.05) is 6.07 Å². The predicted octanol–water partition coefficient (Wildman–Crippen LogP) is 5.05. The Morgan fingerprint density at radius 3 is 2.31 bits per heavy atom. The van der Waals surface area contributed by atoms with Crippen molar-refractivity contribution >= 4 is 11.2 Å². The maximum atomic E-state index is 5.52. The van der Waals surface area contributed by atoms with Crippen LogP contribution in [0, 0.1) is 6.92 Å². The van der Waals surface area contributed by atoms with Crippen molar-refractivity contribution in [3.05, 3.63) is 97.2 Å². The fraction of sp³-hybridized carbons (Fsp3) is 0.0741. The van der Waals surface area contributed by atoms with Crippen molar-refractivity contribution in [1.82, 2.24) is 34.1 Å². The Balaban J connectivity index is 1.47. The Labute approximate surface area is 201 Å². The number of hydrogen-bond acceptors (Lipinski definition) is 6. The maximum Gasteiger partial charge on any atom is 0.303 e. The average molecular weight is 460 g/mol. The van der Waals surface area contributed by atoms with E-state index in [1.54, 1.807) is 19.5 Å². The molecule has 6 rings (SSSR count). The average Bonchev–Trinajstić information content (AvgIpc) is 3.52. The highest BCUT2D eigenvalue weighted by atomic mass is 16.5. The summed E-state index contributed by atoms with van der Waals surface area (Å²) in [6, 6.07) is 22.2. The summed E-state index contributed by atoms with van der Waals surface area (Å²) >= 11 is 0. The van der Waals surface area contributed by atoms with E-state index in [1.807, 2.05) is 95.2 Å². The van der Waals surface area contributed by atoms with Gasteiger partial charge in [-0.2, -0.15) is 4.98 Å². The molecule has 35 heavy (non-hydrogen) atoms. The van der Waals surface area contributed by atoms with Gasteiger partial charge >= 0.3 is 6.01 Å². The van der Waals surface area contributed by atoms with Gasteiger partial charge in [0.15, 0.2) is 5.65 Å². The highest BCUT2D eigenvalue weighted by Gasteiger charge is 2.17. The molecule has 0 atom stereocenters. The van der Waals surface area contributed by atoms with Crippen LogP contribution in [0.3, 0.4) is 0 Å². The molecule has 170 valence electrons. The van der Waals surface area contributed by atoms with E-state index in [-0.39, 0.29) is 0 Å². The Bertz CT molecular complexity index is 1620. The molecular formula is C27H21N7O. The van der Waals surface area contributed by atoms with Gasteiger partial charge in [-0.25, -0.2) is 14.5 Å². The first-order valence-electron chi connectivity index (χ1n) is 11.1. The van der Waals surface area contributed by atoms with Crippen LogP contribution >= 0.6 is 0 Å². The largest absolute Gasteiger partial charge is 0.468 e. The van der Waals surface area contributed by atoms with Gasteiger partial charge < -0.3 is 4.74 Å². The lowest BCUT2D eigenvalue weighted by Gasteiger charge is -2.10. The second-order valence-corrected chi connectivity index (χ2v) is 8.02. The Morgan fingerprint density at radius 2 is 1.57 bits per heavy atom. The summed E-state index contributed by atoms with van der Waals surface area (Å²) < 4.78 is 9.46. The van der Waals surface area contributed by atoms with Crippen LogP contribution in [0.5, 0.6) is 6.01 Å². The highest BCUT2D eigenvalue weighted by Crippen LogP contribution is 2.30. The normalized spacial score (nSPS) is 11.1. The maximum absolute atomic E-state index is 5.52. The molecule has 0 amide bonds. The third-order valence-corrected chi connectivity index (χ3v) is 5.76. The smallest absolute Gasteiger partial charge is 0.303 e. The van der Waals surface area contributed by atoms with Crippen LogP contribution in [0.1, 0.15) is 5.69 Å². The highest BCUT2D eigenvalue weighted by molar-refractivity contribution is 5.75. The van der Waals surface area contributed by atoms with Gasteiger partial charge in [-0.15, -0.1) is 0 Å². The monoisotopic (exact) mass is 459 g/mol. The van der Waals surface area contributed by atoms with Gasteiger partial charge in [0.05, 0.1) is 30.4 Å². The number of aromatic nitrogens is 7. The van der Waals surface area contributed by atoms with E-state index in [0.717, 1.165) is 51.0 Å². The second kappa shape index (κ2) is 8.49. The van der Waals surface area contributed by atoms with Crippen molar-refractivity contribution in [3.8, 4) is 40.2 Å². The fourth-order valence-corrected chi connectivity index (χ4v) is 4.04. The summed E-state index contributed by atoms with van der Waals surface area (Å²) in [5, 5.41) is 0. The molecule has 0 N–H and O–H groups in total. The molecule has 0 unspecified atom stereocenters.